The van der Waals surface area contributed by atoms with Crippen LogP contribution in [0.4, 0.5) is 19.0 Å². The summed E-state index contributed by atoms with van der Waals surface area (Å²) in [6.07, 6.45) is -4.54. The van der Waals surface area contributed by atoms with Crippen LogP contribution in [-0.2, 0) is 4.65 Å². The van der Waals surface area contributed by atoms with Crippen molar-refractivity contribution in [2.24, 2.45) is 0 Å². The molecule has 6 nitrogen and oxygen atoms in total. The average Bonchev–Trinajstić information content (AvgIpc) is 2.94. The lowest BCUT2D eigenvalue weighted by Crippen LogP contribution is -2.49. The highest BCUT2D eigenvalue weighted by Crippen LogP contribution is 2.35. The third kappa shape index (κ3) is 4.74. The van der Waals surface area contributed by atoms with Crippen molar-refractivity contribution in [1.29, 1.82) is 5.26 Å². The third-order valence-corrected chi connectivity index (χ3v) is 5.20. The molecule has 0 aliphatic heterocycles. The van der Waals surface area contributed by atoms with Gasteiger partial charge in [0.1, 0.15) is 29.2 Å². The Morgan fingerprint density at radius 1 is 1.21 bits per heavy atom. The quantitative estimate of drug-likeness (QED) is 0.717. The van der Waals surface area contributed by atoms with Gasteiger partial charge in [0.05, 0.1) is 11.2 Å². The van der Waals surface area contributed by atoms with E-state index in [1.165, 1.54) is 0 Å². The second-order valence-corrected chi connectivity index (χ2v) is 7.94. The van der Waals surface area contributed by atoms with Crippen LogP contribution in [0.2, 0.25) is 0 Å². The Morgan fingerprint density at radius 3 is 2.21 bits per heavy atom. The van der Waals surface area contributed by atoms with E-state index in [1.807, 2.05) is 6.07 Å². The molecule has 0 saturated heterocycles. The van der Waals surface area contributed by atoms with Crippen molar-refractivity contribution in [3.8, 4) is 17.3 Å². The Kier molecular flexibility index (Phi) is 6.07. The van der Waals surface area contributed by atoms with Gasteiger partial charge < -0.3 is 15.5 Å². The van der Waals surface area contributed by atoms with E-state index in [4.69, 9.17) is 10.4 Å². The van der Waals surface area contributed by atoms with E-state index in [0.717, 1.165) is 12.4 Å². The number of nitrogen functional groups attached to an aromatic ring is 1. The number of hydrogen-bond acceptors (Lipinski definition) is 5. The van der Waals surface area contributed by atoms with E-state index in [-0.39, 0.29) is 24.6 Å². The number of anilines is 1. The first-order chi connectivity index (χ1) is 13.2. The first-order valence-corrected chi connectivity index (χ1v) is 8.99. The maximum atomic E-state index is 13.0. The van der Waals surface area contributed by atoms with Crippen LogP contribution in [0, 0.1) is 11.3 Å². The summed E-state index contributed by atoms with van der Waals surface area (Å²) < 4.78 is 45.6. The van der Waals surface area contributed by atoms with E-state index < -0.39 is 23.4 Å². The predicted octanol–water partition coefficient (Wildman–Crippen LogP) is 2.67. The molecule has 0 saturated carbocycles. The van der Waals surface area contributed by atoms with Gasteiger partial charge in [0, 0.05) is 5.56 Å². The molecule has 1 heterocycles. The number of benzene rings is 1. The number of aromatic nitrogens is 2. The van der Waals surface area contributed by atoms with Crippen molar-refractivity contribution in [2.75, 3.05) is 5.73 Å². The van der Waals surface area contributed by atoms with Crippen molar-refractivity contribution in [3.63, 3.8) is 0 Å². The van der Waals surface area contributed by atoms with E-state index in [0.29, 0.717) is 10.2 Å². The number of rotatable bonds is 6. The third-order valence-electron chi connectivity index (χ3n) is 5.20. The molecule has 0 radical (unpaired) electrons. The molecule has 1 aromatic carbocycles. The van der Waals surface area contributed by atoms with Crippen molar-refractivity contribution < 1.29 is 22.9 Å². The number of nitriles is 1. The van der Waals surface area contributed by atoms with Crippen LogP contribution in [0.15, 0.2) is 24.3 Å². The lowest BCUT2D eigenvalue weighted by Gasteiger charge is -2.37. The van der Waals surface area contributed by atoms with E-state index in [2.05, 4.69) is 5.10 Å². The molecular weight excluding hydrogens is 384 g/mol. The molecule has 29 heavy (non-hydrogen) atoms. The molecule has 2 rings (SSSR count). The Morgan fingerprint density at radius 2 is 1.76 bits per heavy atom. The minimum atomic E-state index is -4.54. The Bertz CT molecular complexity index is 910. The Balaban J connectivity index is 2.30. The van der Waals surface area contributed by atoms with Gasteiger partial charge in [0.2, 0.25) is 0 Å². The number of alkyl halides is 3. The van der Waals surface area contributed by atoms with Crippen LogP contribution in [-0.4, -0.2) is 39.7 Å². The highest BCUT2D eigenvalue weighted by molar-refractivity contribution is 6.47. The first-order valence-electron chi connectivity index (χ1n) is 8.99. The largest absolute Gasteiger partial charge is 0.427 e. The first kappa shape index (κ1) is 22.8. The van der Waals surface area contributed by atoms with Crippen LogP contribution >= 0.6 is 0 Å². The van der Waals surface area contributed by atoms with E-state index in [1.54, 1.807) is 52.0 Å². The zero-order chi connectivity index (χ0) is 22.2. The van der Waals surface area contributed by atoms with Gasteiger partial charge >= 0.3 is 13.7 Å². The maximum Gasteiger partial charge on any atom is 0.410 e. The lowest BCUT2D eigenvalue weighted by molar-refractivity contribution is -0.164. The monoisotopic (exact) mass is 408 g/mol. The van der Waals surface area contributed by atoms with Crippen LogP contribution in [0.25, 0.3) is 11.3 Å². The van der Waals surface area contributed by atoms with Crippen molar-refractivity contribution in [3.05, 3.63) is 29.8 Å². The molecule has 1 atom stereocenters. The van der Waals surface area contributed by atoms with Gasteiger partial charge in [-0.2, -0.15) is 23.5 Å². The second-order valence-electron chi connectivity index (χ2n) is 7.94. The average molecular weight is 408 g/mol. The second kappa shape index (κ2) is 7.73. The predicted molar refractivity (Wildman–Crippen MR) is 106 cm³/mol. The molecule has 0 fully saturated rings. The molecule has 0 aliphatic rings. The fourth-order valence-electron chi connectivity index (χ4n) is 2.39. The molecule has 0 amide bonds. The molecule has 2 aromatic rings. The van der Waals surface area contributed by atoms with Gasteiger partial charge in [-0.15, -0.1) is 0 Å². The molecule has 1 unspecified atom stereocenters. The topological polar surface area (TPSA) is 97.1 Å². The summed E-state index contributed by atoms with van der Waals surface area (Å²) in [4.78, 5) is 0. The zero-order valence-electron chi connectivity index (χ0n) is 17.0. The molecule has 156 valence electrons. The molecule has 0 spiro atoms. The SMILES string of the molecule is CC(n1nc(-c2ccc(BOC(C)(C)C(C)(C)O)cc2)c(C#N)c1N)C(F)(F)F. The molecule has 10 heteroatoms. The fourth-order valence-corrected chi connectivity index (χ4v) is 2.39. The Labute approximate surface area is 168 Å². The Hall–Kier alpha value is -2.51. The summed E-state index contributed by atoms with van der Waals surface area (Å²) in [5.41, 5.74) is 5.15. The van der Waals surface area contributed by atoms with Crippen molar-refractivity contribution in [1.82, 2.24) is 9.78 Å². The molecule has 0 bridgehead atoms. The smallest absolute Gasteiger partial charge is 0.410 e. The summed E-state index contributed by atoms with van der Waals surface area (Å²) in [5, 5.41) is 23.5. The van der Waals surface area contributed by atoms with Gasteiger partial charge in [0.15, 0.2) is 0 Å². The van der Waals surface area contributed by atoms with Crippen LogP contribution in [0.5, 0.6) is 0 Å². The fraction of sp³-hybridized carbons (Fsp3) is 0.474. The number of halogens is 3. The highest BCUT2D eigenvalue weighted by Gasteiger charge is 2.40. The summed E-state index contributed by atoms with van der Waals surface area (Å²) >= 11 is 0. The van der Waals surface area contributed by atoms with E-state index in [9.17, 15) is 23.5 Å². The van der Waals surface area contributed by atoms with Crippen LogP contribution in [0.1, 0.15) is 46.2 Å². The number of nitrogens with zero attached hydrogens (tertiary/aromatic N) is 3. The summed E-state index contributed by atoms with van der Waals surface area (Å²) in [5.74, 6) is -0.327. The van der Waals surface area contributed by atoms with Gasteiger partial charge in [-0.25, -0.2) is 4.68 Å². The summed E-state index contributed by atoms with van der Waals surface area (Å²) in [6, 6.07) is 6.60. The molecule has 3 N–H and O–H groups in total. The lowest BCUT2D eigenvalue weighted by atomic mass is 9.82. The summed E-state index contributed by atoms with van der Waals surface area (Å²) in [7, 11) is 0.226. The number of nitrogens with two attached hydrogens (primary N) is 1. The minimum Gasteiger partial charge on any atom is -0.427 e. The maximum absolute atomic E-state index is 13.0. The number of hydrogen-bond donors (Lipinski definition) is 2. The minimum absolute atomic E-state index is 0.0883. The molecule has 1 aromatic heterocycles. The standard InChI is InChI=1S/C19H24BF3N4O2/c1-11(19(21,22)23)27-16(25)14(10-24)15(26-27)12-6-8-13(9-7-12)20-29-18(4,5)17(2,3)28/h6-9,11,20,28H,25H2,1-5H3. The number of aliphatic hydroxyl groups is 1. The van der Waals surface area contributed by atoms with Crippen LogP contribution in [0.3, 0.4) is 0 Å². The van der Waals surface area contributed by atoms with Gasteiger partial charge in [-0.05, 0) is 34.6 Å². The normalized spacial score (nSPS) is 13.8. The molecule has 0 aliphatic carbocycles. The van der Waals surface area contributed by atoms with Gasteiger partial charge in [-0.3, -0.25) is 0 Å². The van der Waals surface area contributed by atoms with Crippen molar-refractivity contribution in [2.45, 2.75) is 58.0 Å². The van der Waals surface area contributed by atoms with Crippen LogP contribution < -0.4 is 11.2 Å². The highest BCUT2D eigenvalue weighted by atomic mass is 19.4. The van der Waals surface area contributed by atoms with E-state index >= 15 is 0 Å². The van der Waals surface area contributed by atoms with Gasteiger partial charge in [-0.1, -0.05) is 29.7 Å². The van der Waals surface area contributed by atoms with Gasteiger partial charge in [0.25, 0.3) is 0 Å². The zero-order valence-corrected chi connectivity index (χ0v) is 17.0. The summed E-state index contributed by atoms with van der Waals surface area (Å²) in [6.45, 7) is 7.79. The van der Waals surface area contributed by atoms with Crippen molar-refractivity contribution >= 4 is 18.8 Å². The molecular formula is C19H24BF3N4O2.